The Morgan fingerprint density at radius 1 is 1.18 bits per heavy atom. The Morgan fingerprint density at radius 3 is 2.54 bits per heavy atom. The third-order valence-corrected chi connectivity index (χ3v) is 5.77. The Hall–Kier alpha value is -3.14. The lowest BCUT2D eigenvalue weighted by Gasteiger charge is -2.11. The lowest BCUT2D eigenvalue weighted by Crippen LogP contribution is -2.40. The number of para-hydroxylation sites is 1. The normalized spacial score (nSPS) is 11.6. The first-order chi connectivity index (χ1) is 13.2. The van der Waals surface area contributed by atoms with Crippen molar-refractivity contribution in [2.45, 2.75) is 13.5 Å². The number of aromatic nitrogens is 5. The third kappa shape index (κ3) is 2.37. The van der Waals surface area contributed by atoms with Crippen molar-refractivity contribution in [1.29, 1.82) is 0 Å². The molecule has 0 bridgehead atoms. The zero-order chi connectivity index (χ0) is 20.3. The van der Waals surface area contributed by atoms with Crippen molar-refractivity contribution < 1.29 is 9.90 Å². The summed E-state index contributed by atoms with van der Waals surface area (Å²) in [6.45, 7) is 1.61. The summed E-state index contributed by atoms with van der Waals surface area (Å²) in [4.78, 5) is 42.0. The second-order valence-electron chi connectivity index (χ2n) is 6.55. The number of benzene rings is 1. The molecule has 1 N–H and O–H groups in total. The fraction of sp³-hybridized carbons (Fsp3) is 0.222. The van der Waals surface area contributed by atoms with Crippen LogP contribution >= 0.6 is 15.9 Å². The van der Waals surface area contributed by atoms with Gasteiger partial charge in [0.15, 0.2) is 15.9 Å². The van der Waals surface area contributed by atoms with Crippen molar-refractivity contribution in [2.75, 3.05) is 0 Å². The van der Waals surface area contributed by atoms with Crippen LogP contribution in [0.4, 0.5) is 4.79 Å². The maximum Gasteiger partial charge on any atom is 0.416 e. The Kier molecular flexibility index (Phi) is 4.03. The summed E-state index contributed by atoms with van der Waals surface area (Å²) < 4.78 is 5.41. The van der Waals surface area contributed by atoms with Crippen molar-refractivity contribution in [2.24, 2.45) is 14.1 Å². The van der Waals surface area contributed by atoms with E-state index in [1.54, 1.807) is 30.7 Å². The molecule has 0 fully saturated rings. The number of carbonyl (C=O) groups is 1. The smallest absolute Gasteiger partial charge is 0.416 e. The Balaban J connectivity index is 2.05. The van der Waals surface area contributed by atoms with E-state index in [9.17, 15) is 19.5 Å². The van der Waals surface area contributed by atoms with Crippen molar-refractivity contribution in [3.05, 3.63) is 61.1 Å². The number of hydrogen-bond acceptors (Lipinski definition) is 4. The van der Waals surface area contributed by atoms with Crippen LogP contribution in [0.3, 0.4) is 0 Å². The number of rotatable bonds is 2. The predicted octanol–water partition coefficient (Wildman–Crippen LogP) is 2.03. The van der Waals surface area contributed by atoms with Crippen molar-refractivity contribution in [3.63, 3.8) is 0 Å². The van der Waals surface area contributed by atoms with Gasteiger partial charge in [0.1, 0.15) is 0 Å². The van der Waals surface area contributed by atoms with Crippen LogP contribution in [0.15, 0.2) is 38.6 Å². The minimum Gasteiger partial charge on any atom is -0.464 e. The lowest BCUT2D eigenvalue weighted by atomic mass is 10.1. The number of halogens is 1. The molecular formula is C18H16BrN5O4. The molecule has 9 nitrogen and oxygen atoms in total. The summed E-state index contributed by atoms with van der Waals surface area (Å²) in [6, 6.07) is 7.07. The van der Waals surface area contributed by atoms with Gasteiger partial charge in [-0.05, 0) is 34.5 Å². The van der Waals surface area contributed by atoms with Crippen LogP contribution in [0.1, 0.15) is 11.3 Å². The van der Waals surface area contributed by atoms with Gasteiger partial charge in [-0.1, -0.05) is 18.2 Å². The molecule has 0 aliphatic heterocycles. The molecule has 3 heterocycles. The summed E-state index contributed by atoms with van der Waals surface area (Å²) in [5.74, 6) is 0. The standard InChI is InChI=1S/C18H16BrN5O4/c1-9-10-6-4-5-7-11(10)24(18(27)28)12(9)8-23-15(25)13-14(22(3)17(23)26)20-16(19)21(13)2/h4-7H,8H2,1-3H3,(H,27,28). The van der Waals surface area contributed by atoms with Gasteiger partial charge < -0.3 is 9.67 Å². The van der Waals surface area contributed by atoms with Gasteiger partial charge >= 0.3 is 11.8 Å². The molecular weight excluding hydrogens is 430 g/mol. The summed E-state index contributed by atoms with van der Waals surface area (Å²) in [7, 11) is 3.19. The molecule has 3 aromatic heterocycles. The molecule has 0 aliphatic rings. The second kappa shape index (κ2) is 6.20. The second-order valence-corrected chi connectivity index (χ2v) is 7.26. The number of carboxylic acid groups (broad SMARTS) is 1. The number of fused-ring (bicyclic) bond motifs is 2. The molecule has 0 saturated carbocycles. The van der Waals surface area contributed by atoms with Crippen molar-refractivity contribution >= 4 is 44.1 Å². The highest BCUT2D eigenvalue weighted by atomic mass is 79.9. The van der Waals surface area contributed by atoms with Gasteiger partial charge in [-0.2, -0.15) is 0 Å². The van der Waals surface area contributed by atoms with Crippen LogP contribution in [0.2, 0.25) is 0 Å². The van der Waals surface area contributed by atoms with Gasteiger partial charge in [0, 0.05) is 19.5 Å². The fourth-order valence-corrected chi connectivity index (χ4v) is 3.91. The van der Waals surface area contributed by atoms with E-state index in [1.165, 1.54) is 11.6 Å². The molecule has 4 rings (SSSR count). The van der Waals surface area contributed by atoms with E-state index in [2.05, 4.69) is 20.9 Å². The molecule has 0 spiro atoms. The van der Waals surface area contributed by atoms with E-state index in [-0.39, 0.29) is 17.7 Å². The van der Waals surface area contributed by atoms with Crippen LogP contribution in [0, 0.1) is 6.92 Å². The molecule has 0 saturated heterocycles. The summed E-state index contributed by atoms with van der Waals surface area (Å²) in [5.41, 5.74) is 1.01. The van der Waals surface area contributed by atoms with Crippen molar-refractivity contribution in [1.82, 2.24) is 23.3 Å². The number of imidazole rings is 1. The highest BCUT2D eigenvalue weighted by Gasteiger charge is 2.22. The highest BCUT2D eigenvalue weighted by molar-refractivity contribution is 9.10. The number of aryl methyl sites for hydroxylation is 3. The van der Waals surface area contributed by atoms with Crippen LogP contribution < -0.4 is 11.2 Å². The molecule has 0 aliphatic carbocycles. The summed E-state index contributed by atoms with van der Waals surface area (Å²) in [6.07, 6.45) is -1.17. The first-order valence-electron chi connectivity index (χ1n) is 8.38. The van der Waals surface area contributed by atoms with E-state index in [0.29, 0.717) is 21.5 Å². The zero-order valence-electron chi connectivity index (χ0n) is 15.3. The van der Waals surface area contributed by atoms with Gasteiger partial charge in [-0.3, -0.25) is 13.9 Å². The van der Waals surface area contributed by atoms with E-state index in [0.717, 1.165) is 14.5 Å². The van der Waals surface area contributed by atoms with E-state index >= 15 is 0 Å². The maximum absolute atomic E-state index is 13.1. The topological polar surface area (TPSA) is 104 Å². The quantitative estimate of drug-likeness (QED) is 0.475. The lowest BCUT2D eigenvalue weighted by molar-refractivity contribution is 0.196. The minimum atomic E-state index is -1.17. The average molecular weight is 446 g/mol. The Labute approximate surface area is 166 Å². The fourth-order valence-electron chi connectivity index (χ4n) is 3.57. The molecule has 10 heteroatoms. The molecule has 0 unspecified atom stereocenters. The van der Waals surface area contributed by atoms with E-state index in [4.69, 9.17) is 0 Å². The minimum absolute atomic E-state index is 0.170. The molecule has 4 aromatic rings. The molecule has 1 aromatic carbocycles. The summed E-state index contributed by atoms with van der Waals surface area (Å²) >= 11 is 3.26. The van der Waals surface area contributed by atoms with E-state index < -0.39 is 17.3 Å². The zero-order valence-corrected chi connectivity index (χ0v) is 16.9. The monoisotopic (exact) mass is 445 g/mol. The number of hydrogen-bond donors (Lipinski definition) is 1. The van der Waals surface area contributed by atoms with Gasteiger partial charge in [0.2, 0.25) is 0 Å². The van der Waals surface area contributed by atoms with Crippen LogP contribution in [-0.2, 0) is 20.6 Å². The van der Waals surface area contributed by atoms with Gasteiger partial charge in [-0.15, -0.1) is 0 Å². The molecule has 144 valence electrons. The largest absolute Gasteiger partial charge is 0.464 e. The first kappa shape index (κ1) is 18.2. The molecule has 0 radical (unpaired) electrons. The molecule has 28 heavy (non-hydrogen) atoms. The van der Waals surface area contributed by atoms with Gasteiger partial charge in [0.05, 0.1) is 17.8 Å². The van der Waals surface area contributed by atoms with Gasteiger partial charge in [0.25, 0.3) is 5.56 Å². The first-order valence-corrected chi connectivity index (χ1v) is 9.17. The van der Waals surface area contributed by atoms with Crippen LogP contribution in [0.5, 0.6) is 0 Å². The SMILES string of the molecule is Cc1c(Cn2c(=O)c3c(nc(Br)n3C)n(C)c2=O)n(C(=O)O)c2ccccc12. The molecule has 0 atom stereocenters. The van der Waals surface area contributed by atoms with Crippen molar-refractivity contribution in [3.8, 4) is 0 Å². The van der Waals surface area contributed by atoms with Gasteiger partial charge in [-0.25, -0.2) is 19.1 Å². The van der Waals surface area contributed by atoms with E-state index in [1.807, 2.05) is 12.1 Å². The Bertz CT molecular complexity index is 1410. The maximum atomic E-state index is 13.1. The Morgan fingerprint density at radius 2 is 1.86 bits per heavy atom. The average Bonchev–Trinajstić information content (AvgIpc) is 3.12. The highest BCUT2D eigenvalue weighted by Crippen LogP contribution is 2.26. The molecule has 0 amide bonds. The van der Waals surface area contributed by atoms with Crippen LogP contribution in [-0.4, -0.2) is 34.5 Å². The number of nitrogens with zero attached hydrogens (tertiary/aromatic N) is 5. The summed E-state index contributed by atoms with van der Waals surface area (Å²) in [5, 5.41) is 10.5. The van der Waals surface area contributed by atoms with Crippen LogP contribution in [0.25, 0.3) is 22.1 Å². The third-order valence-electron chi connectivity index (χ3n) is 5.06. The predicted molar refractivity (Wildman–Crippen MR) is 107 cm³/mol.